The van der Waals surface area contributed by atoms with Gasteiger partial charge in [-0.25, -0.2) is 0 Å². The first-order valence-corrected chi connectivity index (χ1v) is 8.82. The molecule has 1 saturated carbocycles. The number of hydrogen-bond donors (Lipinski definition) is 2. The second-order valence-electron chi connectivity index (χ2n) is 7.28. The standard InChI is InChI=1S/C17H33N3O/c1-14(2)20-11-7-15(8-12-20)19-16(21)17(13-18)9-5-3-4-6-10-17/h14-15H,3-13,18H2,1-2H3,(H,19,21). The predicted molar refractivity (Wildman–Crippen MR) is 87.1 cm³/mol. The number of nitrogens with zero attached hydrogens (tertiary/aromatic N) is 1. The van der Waals surface area contributed by atoms with Crippen molar-refractivity contribution in [3.63, 3.8) is 0 Å². The van der Waals surface area contributed by atoms with Gasteiger partial charge in [0.15, 0.2) is 0 Å². The zero-order valence-corrected chi connectivity index (χ0v) is 13.9. The zero-order chi connectivity index (χ0) is 15.3. The molecule has 1 heterocycles. The molecule has 122 valence electrons. The first-order valence-electron chi connectivity index (χ1n) is 8.82. The lowest BCUT2D eigenvalue weighted by Crippen LogP contribution is -2.52. The molecule has 2 fully saturated rings. The molecule has 1 aliphatic carbocycles. The fraction of sp³-hybridized carbons (Fsp3) is 0.941. The molecule has 21 heavy (non-hydrogen) atoms. The molecule has 1 aliphatic heterocycles. The normalized spacial score (nSPS) is 24.8. The van der Waals surface area contributed by atoms with Gasteiger partial charge in [0.2, 0.25) is 5.91 Å². The highest BCUT2D eigenvalue weighted by Gasteiger charge is 2.38. The van der Waals surface area contributed by atoms with Crippen LogP contribution in [0.3, 0.4) is 0 Å². The minimum atomic E-state index is -0.286. The Kier molecular flexibility index (Phi) is 6.06. The van der Waals surface area contributed by atoms with Crippen molar-refractivity contribution in [2.45, 2.75) is 77.3 Å². The Hall–Kier alpha value is -0.610. The highest BCUT2D eigenvalue weighted by molar-refractivity contribution is 5.83. The molecule has 3 N–H and O–H groups in total. The summed E-state index contributed by atoms with van der Waals surface area (Å²) < 4.78 is 0. The lowest BCUT2D eigenvalue weighted by atomic mass is 9.79. The van der Waals surface area contributed by atoms with E-state index in [4.69, 9.17) is 5.73 Å². The van der Waals surface area contributed by atoms with E-state index >= 15 is 0 Å². The van der Waals surface area contributed by atoms with E-state index in [1.165, 1.54) is 12.8 Å². The molecular weight excluding hydrogens is 262 g/mol. The Balaban J connectivity index is 1.88. The van der Waals surface area contributed by atoms with E-state index in [-0.39, 0.29) is 11.3 Å². The van der Waals surface area contributed by atoms with Gasteiger partial charge in [0.1, 0.15) is 0 Å². The average molecular weight is 295 g/mol. The summed E-state index contributed by atoms with van der Waals surface area (Å²) in [5.41, 5.74) is 5.72. The number of amides is 1. The van der Waals surface area contributed by atoms with Crippen molar-refractivity contribution >= 4 is 5.91 Å². The van der Waals surface area contributed by atoms with Crippen molar-refractivity contribution < 1.29 is 4.79 Å². The van der Waals surface area contributed by atoms with Crippen molar-refractivity contribution in [1.82, 2.24) is 10.2 Å². The summed E-state index contributed by atoms with van der Waals surface area (Å²) in [5, 5.41) is 3.32. The number of piperidine rings is 1. The van der Waals surface area contributed by atoms with Crippen LogP contribution in [0.1, 0.15) is 65.2 Å². The maximum atomic E-state index is 12.8. The maximum Gasteiger partial charge on any atom is 0.227 e. The topological polar surface area (TPSA) is 58.4 Å². The van der Waals surface area contributed by atoms with Crippen LogP contribution in [0.15, 0.2) is 0 Å². The van der Waals surface area contributed by atoms with Crippen LogP contribution >= 0.6 is 0 Å². The number of hydrogen-bond acceptors (Lipinski definition) is 3. The molecule has 0 spiro atoms. The molecule has 0 aromatic rings. The lowest BCUT2D eigenvalue weighted by molar-refractivity contribution is -0.132. The summed E-state index contributed by atoms with van der Waals surface area (Å²) in [6, 6.07) is 0.957. The maximum absolute atomic E-state index is 12.8. The number of carbonyl (C=O) groups is 1. The zero-order valence-electron chi connectivity index (χ0n) is 13.9. The fourth-order valence-electron chi connectivity index (χ4n) is 3.83. The third-order valence-corrected chi connectivity index (χ3v) is 5.53. The van der Waals surface area contributed by atoms with Gasteiger partial charge in [-0.1, -0.05) is 25.7 Å². The number of rotatable bonds is 4. The Bertz CT molecular complexity index is 327. The van der Waals surface area contributed by atoms with Crippen LogP contribution in [0.5, 0.6) is 0 Å². The quantitative estimate of drug-likeness (QED) is 0.782. The average Bonchev–Trinajstić information content (AvgIpc) is 2.74. The van der Waals surface area contributed by atoms with Gasteiger partial charge in [0.25, 0.3) is 0 Å². The van der Waals surface area contributed by atoms with Crippen molar-refractivity contribution in [2.24, 2.45) is 11.1 Å². The van der Waals surface area contributed by atoms with Crippen LogP contribution in [0, 0.1) is 5.41 Å². The van der Waals surface area contributed by atoms with Crippen LogP contribution in [0.4, 0.5) is 0 Å². The Morgan fingerprint density at radius 3 is 2.24 bits per heavy atom. The third-order valence-electron chi connectivity index (χ3n) is 5.53. The molecule has 0 radical (unpaired) electrons. The molecule has 2 aliphatic rings. The summed E-state index contributed by atoms with van der Waals surface area (Å²) in [6.07, 6.45) is 8.89. The first-order chi connectivity index (χ1) is 10.1. The molecule has 1 amide bonds. The summed E-state index contributed by atoms with van der Waals surface area (Å²) >= 11 is 0. The lowest BCUT2D eigenvalue weighted by Gasteiger charge is -2.37. The largest absolute Gasteiger partial charge is 0.353 e. The van der Waals surface area contributed by atoms with Crippen molar-refractivity contribution in [2.75, 3.05) is 19.6 Å². The Morgan fingerprint density at radius 1 is 1.19 bits per heavy atom. The van der Waals surface area contributed by atoms with Gasteiger partial charge in [-0.3, -0.25) is 4.79 Å². The van der Waals surface area contributed by atoms with Gasteiger partial charge in [-0.2, -0.15) is 0 Å². The molecule has 0 atom stereocenters. The van der Waals surface area contributed by atoms with Gasteiger partial charge in [-0.15, -0.1) is 0 Å². The first kappa shape index (κ1) is 16.8. The third kappa shape index (κ3) is 4.19. The minimum Gasteiger partial charge on any atom is -0.353 e. The number of nitrogens with two attached hydrogens (primary N) is 1. The SMILES string of the molecule is CC(C)N1CCC(NC(=O)C2(CN)CCCCCC2)CC1. The number of likely N-dealkylation sites (tertiary alicyclic amines) is 1. The number of carbonyl (C=O) groups excluding carboxylic acids is 1. The van der Waals surface area contributed by atoms with Crippen molar-refractivity contribution in [3.05, 3.63) is 0 Å². The summed E-state index contributed by atoms with van der Waals surface area (Å²) in [5.74, 6) is 0.231. The Labute approximate surface area is 129 Å². The van der Waals surface area contributed by atoms with Crippen molar-refractivity contribution in [3.8, 4) is 0 Å². The minimum absolute atomic E-state index is 0.231. The molecule has 1 saturated heterocycles. The van der Waals surface area contributed by atoms with E-state index in [0.29, 0.717) is 18.6 Å². The van der Waals surface area contributed by atoms with Crippen LogP contribution < -0.4 is 11.1 Å². The van der Waals surface area contributed by atoms with Crippen LogP contribution in [0.2, 0.25) is 0 Å². The number of nitrogens with one attached hydrogen (secondary N) is 1. The van der Waals surface area contributed by atoms with E-state index in [1.807, 2.05) is 0 Å². The molecule has 0 unspecified atom stereocenters. The van der Waals surface area contributed by atoms with Crippen molar-refractivity contribution in [1.29, 1.82) is 0 Å². The van der Waals surface area contributed by atoms with Gasteiger partial charge in [0, 0.05) is 31.7 Å². The summed E-state index contributed by atoms with van der Waals surface area (Å²) in [6.45, 7) is 7.18. The monoisotopic (exact) mass is 295 g/mol. The summed E-state index contributed by atoms with van der Waals surface area (Å²) in [7, 11) is 0. The van der Waals surface area contributed by atoms with E-state index in [0.717, 1.165) is 51.6 Å². The van der Waals surface area contributed by atoms with Gasteiger partial charge >= 0.3 is 0 Å². The molecule has 0 aromatic carbocycles. The van der Waals surface area contributed by atoms with Crippen LogP contribution in [-0.2, 0) is 4.79 Å². The molecular formula is C17H33N3O. The Morgan fingerprint density at radius 2 is 1.76 bits per heavy atom. The second kappa shape index (κ2) is 7.59. The van der Waals surface area contributed by atoms with E-state index in [2.05, 4.69) is 24.1 Å². The van der Waals surface area contributed by atoms with Crippen LogP contribution in [-0.4, -0.2) is 42.5 Å². The van der Waals surface area contributed by atoms with Gasteiger partial charge in [0.05, 0.1) is 5.41 Å². The molecule has 0 aromatic heterocycles. The molecule has 4 nitrogen and oxygen atoms in total. The summed E-state index contributed by atoms with van der Waals surface area (Å²) in [4.78, 5) is 15.3. The highest BCUT2D eigenvalue weighted by Crippen LogP contribution is 2.34. The second-order valence-corrected chi connectivity index (χ2v) is 7.28. The molecule has 4 heteroatoms. The highest BCUT2D eigenvalue weighted by atomic mass is 16.2. The van der Waals surface area contributed by atoms with Crippen LogP contribution in [0.25, 0.3) is 0 Å². The fourth-order valence-corrected chi connectivity index (χ4v) is 3.83. The van der Waals surface area contributed by atoms with E-state index in [9.17, 15) is 4.79 Å². The molecule has 0 bridgehead atoms. The van der Waals surface area contributed by atoms with E-state index in [1.54, 1.807) is 0 Å². The smallest absolute Gasteiger partial charge is 0.227 e. The van der Waals surface area contributed by atoms with Gasteiger partial charge in [-0.05, 0) is 39.5 Å². The van der Waals surface area contributed by atoms with Gasteiger partial charge < -0.3 is 16.0 Å². The van der Waals surface area contributed by atoms with E-state index < -0.39 is 0 Å². The molecule has 2 rings (SSSR count). The predicted octanol–water partition coefficient (Wildman–Crippen LogP) is 2.27.